The van der Waals surface area contributed by atoms with E-state index in [4.69, 9.17) is 5.73 Å². The van der Waals surface area contributed by atoms with Gasteiger partial charge in [-0.2, -0.15) is 0 Å². The van der Waals surface area contributed by atoms with Crippen molar-refractivity contribution in [3.63, 3.8) is 0 Å². The van der Waals surface area contributed by atoms with Crippen LogP contribution in [0.3, 0.4) is 0 Å². The molecule has 2 rings (SSSR count). The van der Waals surface area contributed by atoms with Crippen molar-refractivity contribution in [2.45, 2.75) is 45.6 Å². The molecule has 0 aliphatic heterocycles. The van der Waals surface area contributed by atoms with Crippen LogP contribution in [-0.4, -0.2) is 0 Å². The first-order chi connectivity index (χ1) is 9.49. The predicted molar refractivity (Wildman–Crippen MR) is 86.9 cm³/mol. The van der Waals surface area contributed by atoms with E-state index >= 15 is 0 Å². The number of hydrogen-bond acceptors (Lipinski definition) is 1. The van der Waals surface area contributed by atoms with Crippen molar-refractivity contribution in [1.82, 2.24) is 0 Å². The van der Waals surface area contributed by atoms with Crippen LogP contribution in [0.2, 0.25) is 0 Å². The van der Waals surface area contributed by atoms with E-state index in [2.05, 4.69) is 69.3 Å². The van der Waals surface area contributed by atoms with Crippen LogP contribution in [0.25, 0.3) is 0 Å². The summed E-state index contributed by atoms with van der Waals surface area (Å²) in [6.07, 6.45) is 2.15. The third kappa shape index (κ3) is 3.94. The van der Waals surface area contributed by atoms with Crippen molar-refractivity contribution < 1.29 is 0 Å². The Morgan fingerprint density at radius 3 is 2.00 bits per heavy atom. The molecule has 0 amide bonds. The summed E-state index contributed by atoms with van der Waals surface area (Å²) >= 11 is 0. The van der Waals surface area contributed by atoms with Gasteiger partial charge in [0, 0.05) is 6.54 Å². The molecule has 2 aromatic carbocycles. The van der Waals surface area contributed by atoms with E-state index in [9.17, 15) is 0 Å². The lowest BCUT2D eigenvalue weighted by Gasteiger charge is -2.19. The summed E-state index contributed by atoms with van der Waals surface area (Å²) in [4.78, 5) is 0. The van der Waals surface area contributed by atoms with Gasteiger partial charge in [0.1, 0.15) is 0 Å². The molecule has 0 fully saturated rings. The zero-order valence-corrected chi connectivity index (χ0v) is 12.8. The summed E-state index contributed by atoms with van der Waals surface area (Å²) in [7, 11) is 0. The fraction of sp³-hybridized carbons (Fsp3) is 0.368. The summed E-state index contributed by atoms with van der Waals surface area (Å²) in [6.45, 7) is 7.37. The highest BCUT2D eigenvalue weighted by Crippen LogP contribution is 2.22. The second kappa shape index (κ2) is 6.23. The summed E-state index contributed by atoms with van der Waals surface area (Å²) in [5.74, 6) is 0. The molecule has 0 aromatic heterocycles. The number of hydrogen-bond donors (Lipinski definition) is 1. The molecule has 0 aliphatic rings. The van der Waals surface area contributed by atoms with E-state index in [0.717, 1.165) is 12.8 Å². The van der Waals surface area contributed by atoms with Gasteiger partial charge in [0.25, 0.3) is 0 Å². The molecule has 2 aromatic rings. The molecule has 1 heteroatoms. The van der Waals surface area contributed by atoms with Crippen molar-refractivity contribution in [2.24, 2.45) is 5.73 Å². The first-order valence-electron chi connectivity index (χ1n) is 7.36. The summed E-state index contributed by atoms with van der Waals surface area (Å²) in [5.41, 5.74) is 11.3. The Bertz CT molecular complexity index is 547. The Kier molecular flexibility index (Phi) is 4.61. The van der Waals surface area contributed by atoms with Gasteiger partial charge in [-0.1, -0.05) is 69.3 Å². The Morgan fingerprint density at radius 1 is 0.800 bits per heavy atom. The van der Waals surface area contributed by atoms with Gasteiger partial charge in [-0.05, 0) is 40.5 Å². The molecule has 1 nitrogen and oxygen atoms in total. The minimum atomic E-state index is 0.230. The van der Waals surface area contributed by atoms with Crippen molar-refractivity contribution in [1.29, 1.82) is 0 Å². The lowest BCUT2D eigenvalue weighted by atomic mass is 9.86. The molecule has 0 atom stereocenters. The van der Waals surface area contributed by atoms with Gasteiger partial charge >= 0.3 is 0 Å². The molecular weight excluding hydrogens is 242 g/mol. The van der Waals surface area contributed by atoms with Gasteiger partial charge in [0.2, 0.25) is 0 Å². The second-order valence-electron chi connectivity index (χ2n) is 6.47. The fourth-order valence-corrected chi connectivity index (χ4v) is 2.37. The molecule has 0 saturated carbocycles. The lowest BCUT2D eigenvalue weighted by molar-refractivity contribution is 0.590. The quantitative estimate of drug-likeness (QED) is 0.881. The molecule has 106 valence electrons. The summed E-state index contributed by atoms with van der Waals surface area (Å²) < 4.78 is 0. The van der Waals surface area contributed by atoms with E-state index in [-0.39, 0.29) is 5.41 Å². The van der Waals surface area contributed by atoms with Crippen molar-refractivity contribution in [2.75, 3.05) is 0 Å². The summed E-state index contributed by atoms with van der Waals surface area (Å²) in [6, 6.07) is 17.6. The predicted octanol–water partition coefficient (Wildman–Crippen LogP) is 4.23. The largest absolute Gasteiger partial charge is 0.326 e. The highest BCUT2D eigenvalue weighted by Gasteiger charge is 2.12. The van der Waals surface area contributed by atoms with E-state index in [1.54, 1.807) is 0 Å². The van der Waals surface area contributed by atoms with E-state index in [1.807, 2.05) is 0 Å². The highest BCUT2D eigenvalue weighted by molar-refractivity contribution is 5.29. The van der Waals surface area contributed by atoms with E-state index < -0.39 is 0 Å². The van der Waals surface area contributed by atoms with Crippen LogP contribution in [0.15, 0.2) is 48.5 Å². The Morgan fingerprint density at radius 2 is 1.40 bits per heavy atom. The van der Waals surface area contributed by atoms with Gasteiger partial charge < -0.3 is 5.73 Å². The maximum atomic E-state index is 5.68. The third-order valence-corrected chi connectivity index (χ3v) is 3.75. The second-order valence-corrected chi connectivity index (χ2v) is 6.47. The molecule has 0 saturated heterocycles. The maximum absolute atomic E-state index is 5.68. The van der Waals surface area contributed by atoms with E-state index in [0.29, 0.717) is 6.54 Å². The average Bonchev–Trinajstić information content (AvgIpc) is 2.45. The highest BCUT2D eigenvalue weighted by atomic mass is 14.5. The zero-order chi connectivity index (χ0) is 14.6. The van der Waals surface area contributed by atoms with Gasteiger partial charge in [0.05, 0.1) is 0 Å². The van der Waals surface area contributed by atoms with Gasteiger partial charge in [-0.3, -0.25) is 0 Å². The van der Waals surface area contributed by atoms with Crippen molar-refractivity contribution in [3.8, 4) is 0 Å². The van der Waals surface area contributed by atoms with Crippen LogP contribution < -0.4 is 5.73 Å². The Balaban J connectivity index is 2.00. The van der Waals surface area contributed by atoms with Crippen LogP contribution in [-0.2, 0) is 24.8 Å². The van der Waals surface area contributed by atoms with Crippen LogP contribution in [0, 0.1) is 0 Å². The lowest BCUT2D eigenvalue weighted by Crippen LogP contribution is -2.10. The monoisotopic (exact) mass is 267 g/mol. The zero-order valence-electron chi connectivity index (χ0n) is 12.8. The average molecular weight is 267 g/mol. The molecule has 2 N–H and O–H groups in total. The van der Waals surface area contributed by atoms with Crippen molar-refractivity contribution >= 4 is 0 Å². The topological polar surface area (TPSA) is 26.0 Å². The fourth-order valence-electron chi connectivity index (χ4n) is 2.37. The minimum Gasteiger partial charge on any atom is -0.326 e. The third-order valence-electron chi connectivity index (χ3n) is 3.75. The number of benzene rings is 2. The van der Waals surface area contributed by atoms with E-state index in [1.165, 1.54) is 22.3 Å². The molecule has 0 bridgehead atoms. The Labute approximate surface area is 122 Å². The standard InChI is InChI=1S/C19H25N/c1-19(2,3)18-11-9-15(10-12-18)7-8-16-5-4-6-17(13-16)14-20/h4-6,9-13H,7-8,14,20H2,1-3H3. The number of aryl methyl sites for hydroxylation is 2. The maximum Gasteiger partial charge on any atom is 0.0178 e. The van der Waals surface area contributed by atoms with Crippen LogP contribution in [0.4, 0.5) is 0 Å². The first-order valence-corrected chi connectivity index (χ1v) is 7.36. The molecular formula is C19H25N. The minimum absolute atomic E-state index is 0.230. The Hall–Kier alpha value is -1.60. The van der Waals surface area contributed by atoms with Crippen molar-refractivity contribution in [3.05, 3.63) is 70.8 Å². The van der Waals surface area contributed by atoms with Gasteiger partial charge in [-0.25, -0.2) is 0 Å². The van der Waals surface area contributed by atoms with Crippen LogP contribution in [0.1, 0.15) is 43.0 Å². The smallest absolute Gasteiger partial charge is 0.0178 e. The molecule has 0 unspecified atom stereocenters. The normalized spacial score (nSPS) is 11.6. The van der Waals surface area contributed by atoms with Crippen LogP contribution in [0.5, 0.6) is 0 Å². The molecule has 20 heavy (non-hydrogen) atoms. The van der Waals surface area contributed by atoms with Gasteiger partial charge in [0.15, 0.2) is 0 Å². The summed E-state index contributed by atoms with van der Waals surface area (Å²) in [5, 5.41) is 0. The van der Waals surface area contributed by atoms with Gasteiger partial charge in [-0.15, -0.1) is 0 Å². The molecule has 0 aliphatic carbocycles. The molecule has 0 spiro atoms. The molecule has 0 radical (unpaired) electrons. The number of rotatable bonds is 4. The SMILES string of the molecule is CC(C)(C)c1ccc(CCc2cccc(CN)c2)cc1. The first kappa shape index (κ1) is 14.8. The number of nitrogens with two attached hydrogens (primary N) is 1. The van der Waals surface area contributed by atoms with Crippen LogP contribution >= 0.6 is 0 Å². The molecule has 0 heterocycles.